The first-order valence-corrected chi connectivity index (χ1v) is 5.60. The van der Waals surface area contributed by atoms with Gasteiger partial charge < -0.3 is 11.1 Å². The molecule has 0 unspecified atom stereocenters. The molecule has 2 nitrogen and oxygen atoms in total. The molecular weight excluding hydrogens is 262 g/mol. The maximum Gasteiger partial charge on any atom is 0.148 e. The van der Waals surface area contributed by atoms with Crippen LogP contribution in [0, 0.1) is 5.82 Å². The molecule has 0 aliphatic heterocycles. The molecule has 0 amide bonds. The van der Waals surface area contributed by atoms with Gasteiger partial charge in [-0.2, -0.15) is 0 Å². The molecule has 0 spiro atoms. The lowest BCUT2D eigenvalue weighted by Crippen LogP contribution is -1.99. The number of nitrogen functional groups attached to an aromatic ring is 1. The Morgan fingerprint density at radius 2 is 1.65 bits per heavy atom. The number of halogens is 3. The second-order valence-electron chi connectivity index (χ2n) is 3.42. The van der Waals surface area contributed by atoms with Gasteiger partial charge in [-0.3, -0.25) is 0 Å². The summed E-state index contributed by atoms with van der Waals surface area (Å²) in [6.45, 7) is 0. The van der Waals surface area contributed by atoms with Gasteiger partial charge in [0.1, 0.15) is 5.82 Å². The summed E-state index contributed by atoms with van der Waals surface area (Å²) >= 11 is 11.8. The van der Waals surface area contributed by atoms with Crippen molar-refractivity contribution in [3.8, 4) is 0 Å². The molecule has 0 heterocycles. The highest BCUT2D eigenvalue weighted by Gasteiger charge is 2.09. The van der Waals surface area contributed by atoms with E-state index in [1.54, 1.807) is 24.3 Å². The van der Waals surface area contributed by atoms with Gasteiger partial charge in [0.05, 0.1) is 27.1 Å². The van der Waals surface area contributed by atoms with Crippen LogP contribution >= 0.6 is 23.2 Å². The molecule has 0 aliphatic carbocycles. The number of nitrogens with two attached hydrogens (primary N) is 1. The zero-order valence-electron chi connectivity index (χ0n) is 8.68. The summed E-state index contributed by atoms with van der Waals surface area (Å²) in [7, 11) is 0. The molecule has 2 aromatic carbocycles. The first-order valence-electron chi connectivity index (χ1n) is 4.84. The third-order valence-corrected chi connectivity index (χ3v) is 2.92. The van der Waals surface area contributed by atoms with Crippen LogP contribution in [-0.4, -0.2) is 0 Å². The van der Waals surface area contributed by atoms with Gasteiger partial charge in [0, 0.05) is 0 Å². The highest BCUT2D eigenvalue weighted by molar-refractivity contribution is 6.34. The van der Waals surface area contributed by atoms with Crippen molar-refractivity contribution in [2.75, 3.05) is 11.1 Å². The Morgan fingerprint density at radius 1 is 1.00 bits per heavy atom. The SMILES string of the molecule is Nc1c(Cl)cccc1Nc1c(F)cccc1Cl. The molecule has 88 valence electrons. The van der Waals surface area contributed by atoms with Crippen LogP contribution in [0.4, 0.5) is 21.5 Å². The van der Waals surface area contributed by atoms with Crippen molar-refractivity contribution >= 4 is 40.3 Å². The Morgan fingerprint density at radius 3 is 2.35 bits per heavy atom. The zero-order valence-corrected chi connectivity index (χ0v) is 10.2. The van der Waals surface area contributed by atoms with Crippen LogP contribution in [0.1, 0.15) is 0 Å². The standard InChI is InChI=1S/C12H9Cl2FN2/c13-7-3-2-6-10(11(7)16)17-12-8(14)4-1-5-9(12)15/h1-6,17H,16H2. The maximum atomic E-state index is 13.5. The number of hydrogen-bond donors (Lipinski definition) is 2. The van der Waals surface area contributed by atoms with Crippen LogP contribution in [0.15, 0.2) is 36.4 Å². The highest BCUT2D eigenvalue weighted by Crippen LogP contribution is 2.33. The monoisotopic (exact) mass is 270 g/mol. The Bertz CT molecular complexity index is 538. The van der Waals surface area contributed by atoms with Gasteiger partial charge in [-0.15, -0.1) is 0 Å². The Hall–Kier alpha value is -1.45. The van der Waals surface area contributed by atoms with E-state index in [0.717, 1.165) is 0 Å². The molecule has 0 saturated heterocycles. The van der Waals surface area contributed by atoms with Gasteiger partial charge >= 0.3 is 0 Å². The van der Waals surface area contributed by atoms with E-state index in [2.05, 4.69) is 5.32 Å². The van der Waals surface area contributed by atoms with Gasteiger partial charge in [-0.05, 0) is 24.3 Å². The zero-order chi connectivity index (χ0) is 12.4. The third-order valence-electron chi connectivity index (χ3n) is 2.28. The van der Waals surface area contributed by atoms with Crippen molar-refractivity contribution in [1.29, 1.82) is 0 Å². The first-order chi connectivity index (χ1) is 8.09. The normalized spacial score (nSPS) is 10.3. The van der Waals surface area contributed by atoms with Crippen molar-refractivity contribution in [2.45, 2.75) is 0 Å². The van der Waals surface area contributed by atoms with Crippen LogP contribution in [0.5, 0.6) is 0 Å². The van der Waals surface area contributed by atoms with Crippen LogP contribution in [0.25, 0.3) is 0 Å². The molecule has 0 bridgehead atoms. The predicted molar refractivity (Wildman–Crippen MR) is 70.6 cm³/mol. The molecule has 17 heavy (non-hydrogen) atoms. The van der Waals surface area contributed by atoms with E-state index in [9.17, 15) is 4.39 Å². The highest BCUT2D eigenvalue weighted by atomic mass is 35.5. The van der Waals surface area contributed by atoms with Gasteiger partial charge in [-0.25, -0.2) is 4.39 Å². The van der Waals surface area contributed by atoms with Crippen molar-refractivity contribution in [3.63, 3.8) is 0 Å². The Labute approximate surface area is 108 Å². The molecular formula is C12H9Cl2FN2. The molecule has 2 rings (SSSR count). The van der Waals surface area contributed by atoms with Crippen molar-refractivity contribution in [1.82, 2.24) is 0 Å². The topological polar surface area (TPSA) is 38.0 Å². The molecule has 0 fully saturated rings. The molecule has 5 heteroatoms. The number of hydrogen-bond acceptors (Lipinski definition) is 2. The van der Waals surface area contributed by atoms with E-state index in [4.69, 9.17) is 28.9 Å². The second-order valence-corrected chi connectivity index (χ2v) is 4.24. The second kappa shape index (κ2) is 4.82. The lowest BCUT2D eigenvalue weighted by molar-refractivity contribution is 0.632. The summed E-state index contributed by atoms with van der Waals surface area (Å²) < 4.78 is 13.5. The summed E-state index contributed by atoms with van der Waals surface area (Å²) in [5, 5.41) is 3.52. The molecule has 0 aromatic heterocycles. The number of benzene rings is 2. The summed E-state index contributed by atoms with van der Waals surface area (Å²) in [4.78, 5) is 0. The maximum absolute atomic E-state index is 13.5. The smallest absolute Gasteiger partial charge is 0.148 e. The summed E-state index contributed by atoms with van der Waals surface area (Å²) in [5.74, 6) is -0.447. The van der Waals surface area contributed by atoms with Crippen LogP contribution in [0.2, 0.25) is 10.0 Å². The van der Waals surface area contributed by atoms with E-state index >= 15 is 0 Å². The molecule has 2 aromatic rings. The minimum atomic E-state index is -0.447. The average Bonchev–Trinajstić information content (AvgIpc) is 2.29. The fourth-order valence-electron chi connectivity index (χ4n) is 1.40. The predicted octanol–water partition coefficient (Wildman–Crippen LogP) is 4.46. The average molecular weight is 271 g/mol. The summed E-state index contributed by atoms with van der Waals surface area (Å²) in [6.07, 6.45) is 0. The molecule has 0 aliphatic rings. The summed E-state index contributed by atoms with van der Waals surface area (Å²) in [6, 6.07) is 9.51. The largest absolute Gasteiger partial charge is 0.396 e. The van der Waals surface area contributed by atoms with Gasteiger partial charge in [0.2, 0.25) is 0 Å². The molecule has 0 saturated carbocycles. The Balaban J connectivity index is 2.42. The van der Waals surface area contributed by atoms with E-state index < -0.39 is 5.82 Å². The van der Waals surface area contributed by atoms with Crippen LogP contribution in [0.3, 0.4) is 0 Å². The lowest BCUT2D eigenvalue weighted by atomic mass is 10.2. The van der Waals surface area contributed by atoms with E-state index in [0.29, 0.717) is 16.4 Å². The quantitative estimate of drug-likeness (QED) is 0.791. The van der Waals surface area contributed by atoms with Crippen molar-refractivity contribution < 1.29 is 4.39 Å². The Kier molecular flexibility index (Phi) is 3.41. The first kappa shape index (κ1) is 12.0. The van der Waals surface area contributed by atoms with E-state index in [1.165, 1.54) is 12.1 Å². The van der Waals surface area contributed by atoms with Gasteiger partial charge in [0.15, 0.2) is 0 Å². The molecule has 0 atom stereocenters. The van der Waals surface area contributed by atoms with Gasteiger partial charge in [0.25, 0.3) is 0 Å². The fraction of sp³-hybridized carbons (Fsp3) is 0. The fourth-order valence-corrected chi connectivity index (χ4v) is 1.78. The number of rotatable bonds is 2. The van der Waals surface area contributed by atoms with Crippen LogP contribution < -0.4 is 11.1 Å². The van der Waals surface area contributed by atoms with Crippen LogP contribution in [-0.2, 0) is 0 Å². The summed E-state index contributed by atoms with van der Waals surface area (Å²) in [5.41, 5.74) is 6.83. The van der Waals surface area contributed by atoms with E-state index in [1.807, 2.05) is 0 Å². The minimum absolute atomic E-state index is 0.183. The number of anilines is 3. The third kappa shape index (κ3) is 2.46. The van der Waals surface area contributed by atoms with E-state index in [-0.39, 0.29) is 10.7 Å². The van der Waals surface area contributed by atoms with Gasteiger partial charge in [-0.1, -0.05) is 35.3 Å². The minimum Gasteiger partial charge on any atom is -0.396 e. The lowest BCUT2D eigenvalue weighted by Gasteiger charge is -2.12. The number of para-hydroxylation sites is 2. The van der Waals surface area contributed by atoms with Crippen molar-refractivity contribution in [2.24, 2.45) is 0 Å². The van der Waals surface area contributed by atoms with Crippen molar-refractivity contribution in [3.05, 3.63) is 52.3 Å². The molecule has 3 N–H and O–H groups in total. The number of nitrogens with one attached hydrogen (secondary N) is 1. The molecule has 0 radical (unpaired) electrons.